The maximum atomic E-state index is 12.0. The van der Waals surface area contributed by atoms with Crippen molar-refractivity contribution in [2.75, 3.05) is 11.9 Å². The van der Waals surface area contributed by atoms with Gasteiger partial charge in [0.25, 0.3) is 6.43 Å². The molecule has 1 heterocycles. The Morgan fingerprint density at radius 3 is 2.69 bits per heavy atom. The molecule has 1 N–H and O–H groups in total. The van der Waals surface area contributed by atoms with Crippen molar-refractivity contribution in [1.29, 1.82) is 0 Å². The molecule has 0 unspecified atom stereocenters. The summed E-state index contributed by atoms with van der Waals surface area (Å²) in [4.78, 5) is 3.93. The fraction of sp³-hybridized carbons (Fsp3) is 0.545. The number of hydrogen-bond donors (Lipinski definition) is 1. The summed E-state index contributed by atoms with van der Waals surface area (Å²) in [6.07, 6.45) is 0.594. The Hall–Kier alpha value is -1.39. The van der Waals surface area contributed by atoms with Crippen molar-refractivity contribution in [3.8, 4) is 5.75 Å². The molecule has 90 valence electrons. The van der Waals surface area contributed by atoms with Crippen molar-refractivity contribution in [2.45, 2.75) is 32.7 Å². The zero-order chi connectivity index (χ0) is 12.2. The molecular weight excluding hydrogens is 214 g/mol. The van der Waals surface area contributed by atoms with E-state index in [2.05, 4.69) is 10.3 Å². The number of pyridine rings is 1. The molecule has 0 aliphatic carbocycles. The van der Waals surface area contributed by atoms with E-state index in [1.807, 2.05) is 20.8 Å². The molecule has 0 aromatic carbocycles. The number of aromatic nitrogens is 1. The van der Waals surface area contributed by atoms with E-state index in [-0.39, 0.29) is 5.54 Å². The van der Waals surface area contributed by atoms with Crippen LogP contribution in [-0.2, 0) is 0 Å². The molecule has 1 aromatic rings. The quantitative estimate of drug-likeness (QED) is 0.863. The predicted octanol–water partition coefficient (Wildman–Crippen LogP) is 2.94. The fourth-order valence-corrected chi connectivity index (χ4v) is 1.16. The third-order valence-corrected chi connectivity index (χ3v) is 1.66. The maximum Gasteiger partial charge on any atom is 0.272 e. The van der Waals surface area contributed by atoms with Gasteiger partial charge >= 0.3 is 0 Å². The minimum atomic E-state index is -2.48. The SMILES string of the molecule is CC(C)(C)Nc1cnccc1OCC(F)F. The largest absolute Gasteiger partial charge is 0.485 e. The molecule has 0 fully saturated rings. The highest BCUT2D eigenvalue weighted by molar-refractivity contribution is 5.55. The van der Waals surface area contributed by atoms with Crippen molar-refractivity contribution >= 4 is 5.69 Å². The van der Waals surface area contributed by atoms with E-state index in [1.54, 1.807) is 12.3 Å². The minimum Gasteiger partial charge on any atom is -0.485 e. The molecule has 1 rings (SSSR count). The number of nitrogens with one attached hydrogen (secondary N) is 1. The van der Waals surface area contributed by atoms with Crippen molar-refractivity contribution < 1.29 is 13.5 Å². The molecule has 0 spiro atoms. The fourth-order valence-electron chi connectivity index (χ4n) is 1.16. The third kappa shape index (κ3) is 4.42. The van der Waals surface area contributed by atoms with E-state index in [9.17, 15) is 8.78 Å². The number of halogens is 2. The standard InChI is InChI=1S/C11H16F2N2O/c1-11(2,3)15-8-6-14-5-4-9(8)16-7-10(12)13/h4-6,10,15H,7H2,1-3H3. The van der Waals surface area contributed by atoms with Gasteiger partial charge in [-0.05, 0) is 20.8 Å². The summed E-state index contributed by atoms with van der Waals surface area (Å²) >= 11 is 0. The molecule has 0 saturated carbocycles. The topological polar surface area (TPSA) is 34.2 Å². The molecule has 0 aliphatic rings. The number of alkyl halides is 2. The second kappa shape index (κ2) is 5.09. The third-order valence-electron chi connectivity index (χ3n) is 1.66. The smallest absolute Gasteiger partial charge is 0.272 e. The van der Waals surface area contributed by atoms with Gasteiger partial charge < -0.3 is 10.1 Å². The van der Waals surface area contributed by atoms with Gasteiger partial charge in [-0.3, -0.25) is 4.98 Å². The van der Waals surface area contributed by atoms with Crippen LogP contribution in [0, 0.1) is 0 Å². The lowest BCUT2D eigenvalue weighted by atomic mass is 10.1. The van der Waals surface area contributed by atoms with E-state index < -0.39 is 13.0 Å². The van der Waals surface area contributed by atoms with E-state index in [4.69, 9.17) is 4.74 Å². The van der Waals surface area contributed by atoms with Crippen molar-refractivity contribution in [2.24, 2.45) is 0 Å². The van der Waals surface area contributed by atoms with E-state index in [1.165, 1.54) is 6.20 Å². The van der Waals surface area contributed by atoms with Crippen LogP contribution in [0.15, 0.2) is 18.5 Å². The van der Waals surface area contributed by atoms with Gasteiger partial charge in [-0.2, -0.15) is 0 Å². The van der Waals surface area contributed by atoms with Crippen LogP contribution in [0.2, 0.25) is 0 Å². The van der Waals surface area contributed by atoms with Gasteiger partial charge in [0.15, 0.2) is 0 Å². The van der Waals surface area contributed by atoms with Gasteiger partial charge in [-0.25, -0.2) is 8.78 Å². The zero-order valence-corrected chi connectivity index (χ0v) is 9.63. The first-order valence-corrected chi connectivity index (χ1v) is 5.01. The monoisotopic (exact) mass is 230 g/mol. The minimum absolute atomic E-state index is 0.175. The average molecular weight is 230 g/mol. The van der Waals surface area contributed by atoms with Gasteiger partial charge in [0.1, 0.15) is 12.4 Å². The van der Waals surface area contributed by atoms with Gasteiger partial charge in [-0.1, -0.05) is 0 Å². The average Bonchev–Trinajstić information content (AvgIpc) is 2.14. The molecular formula is C11H16F2N2O. The molecule has 0 radical (unpaired) electrons. The molecule has 5 heteroatoms. The second-order valence-corrected chi connectivity index (χ2v) is 4.45. The van der Waals surface area contributed by atoms with Gasteiger partial charge in [0.2, 0.25) is 0 Å². The highest BCUT2D eigenvalue weighted by Crippen LogP contribution is 2.25. The van der Waals surface area contributed by atoms with Crippen LogP contribution in [0.4, 0.5) is 14.5 Å². The molecule has 0 amide bonds. The van der Waals surface area contributed by atoms with Crippen LogP contribution >= 0.6 is 0 Å². The Kier molecular flexibility index (Phi) is 4.04. The molecule has 0 bridgehead atoms. The van der Waals surface area contributed by atoms with Gasteiger partial charge in [-0.15, -0.1) is 0 Å². The van der Waals surface area contributed by atoms with E-state index in [0.29, 0.717) is 11.4 Å². The first-order chi connectivity index (χ1) is 7.38. The predicted molar refractivity (Wildman–Crippen MR) is 59.1 cm³/mol. The van der Waals surface area contributed by atoms with Crippen molar-refractivity contribution in [1.82, 2.24) is 4.98 Å². The number of anilines is 1. The van der Waals surface area contributed by atoms with Crippen molar-refractivity contribution in [3.63, 3.8) is 0 Å². The summed E-state index contributed by atoms with van der Waals surface area (Å²) in [6, 6.07) is 1.57. The van der Waals surface area contributed by atoms with Crippen LogP contribution in [-0.4, -0.2) is 23.6 Å². The summed E-state index contributed by atoms with van der Waals surface area (Å²) in [5.41, 5.74) is 0.446. The first kappa shape index (κ1) is 12.7. The Bertz CT molecular complexity index is 337. The molecule has 3 nitrogen and oxygen atoms in total. The Balaban J connectivity index is 2.75. The highest BCUT2D eigenvalue weighted by atomic mass is 19.3. The maximum absolute atomic E-state index is 12.0. The van der Waals surface area contributed by atoms with Gasteiger partial charge in [0.05, 0.1) is 11.9 Å². The van der Waals surface area contributed by atoms with Crippen molar-refractivity contribution in [3.05, 3.63) is 18.5 Å². The summed E-state index contributed by atoms with van der Waals surface area (Å²) in [6.45, 7) is 5.30. The Morgan fingerprint density at radius 1 is 1.44 bits per heavy atom. The molecule has 0 saturated heterocycles. The lowest BCUT2D eigenvalue weighted by molar-refractivity contribution is 0.0821. The summed E-state index contributed by atoms with van der Waals surface area (Å²) in [7, 11) is 0. The number of rotatable bonds is 4. The van der Waals surface area contributed by atoms with E-state index in [0.717, 1.165) is 0 Å². The van der Waals surface area contributed by atoms with Crippen LogP contribution in [0.25, 0.3) is 0 Å². The van der Waals surface area contributed by atoms with Crippen LogP contribution in [0.5, 0.6) is 5.75 Å². The van der Waals surface area contributed by atoms with Crippen LogP contribution < -0.4 is 10.1 Å². The molecule has 0 atom stereocenters. The number of hydrogen-bond acceptors (Lipinski definition) is 3. The van der Waals surface area contributed by atoms with E-state index >= 15 is 0 Å². The normalized spacial score (nSPS) is 11.6. The molecule has 0 aliphatic heterocycles. The second-order valence-electron chi connectivity index (χ2n) is 4.45. The lowest BCUT2D eigenvalue weighted by Crippen LogP contribution is -2.26. The summed E-state index contributed by atoms with van der Waals surface area (Å²) in [5, 5.41) is 3.14. The Labute approximate surface area is 93.8 Å². The Morgan fingerprint density at radius 2 is 2.12 bits per heavy atom. The highest BCUT2D eigenvalue weighted by Gasteiger charge is 2.14. The van der Waals surface area contributed by atoms with Gasteiger partial charge in [0, 0.05) is 17.8 Å². The molecule has 1 aromatic heterocycles. The summed E-state index contributed by atoms with van der Waals surface area (Å²) in [5.74, 6) is 0.394. The number of ether oxygens (including phenoxy) is 1. The zero-order valence-electron chi connectivity index (χ0n) is 9.63. The van der Waals surface area contributed by atoms with Crippen LogP contribution in [0.3, 0.4) is 0 Å². The molecule has 16 heavy (non-hydrogen) atoms. The summed E-state index contributed by atoms with van der Waals surface area (Å²) < 4.78 is 29.0. The van der Waals surface area contributed by atoms with Crippen LogP contribution in [0.1, 0.15) is 20.8 Å². The number of nitrogens with zero attached hydrogens (tertiary/aromatic N) is 1. The lowest BCUT2D eigenvalue weighted by Gasteiger charge is -2.23. The first-order valence-electron chi connectivity index (χ1n) is 5.01.